The van der Waals surface area contributed by atoms with Crippen LogP contribution >= 0.6 is 0 Å². The van der Waals surface area contributed by atoms with Crippen LogP contribution in [0.5, 0.6) is 0 Å². The van der Waals surface area contributed by atoms with Gasteiger partial charge in [-0.15, -0.1) is 0 Å². The van der Waals surface area contributed by atoms with Crippen LogP contribution < -0.4 is 17.0 Å². The topological polar surface area (TPSA) is 29.5 Å². The molecule has 0 radical (unpaired) electrons. The molecule has 6 fully saturated rings. The van der Waals surface area contributed by atoms with Crippen LogP contribution in [0.3, 0.4) is 0 Å². The number of hydrogen-bond acceptors (Lipinski definition) is 3. The Hall–Kier alpha value is -0.390. The van der Waals surface area contributed by atoms with Crippen LogP contribution in [0, 0.1) is 34.5 Å². The highest BCUT2D eigenvalue weighted by molar-refractivity contribution is 5.66. The normalized spacial score (nSPS) is 45.7. The van der Waals surface area contributed by atoms with Gasteiger partial charge in [-0.05, 0) is 124 Å². The van der Waals surface area contributed by atoms with Crippen molar-refractivity contribution in [2.45, 2.75) is 129 Å². The number of rotatable bonds is 5. The highest BCUT2D eigenvalue weighted by Gasteiger charge is 2.63. The van der Waals surface area contributed by atoms with E-state index in [0.29, 0.717) is 16.9 Å². The van der Waals surface area contributed by atoms with Crippen molar-refractivity contribution in [3.05, 3.63) is 12.7 Å². The molecule has 222 valence electrons. The van der Waals surface area contributed by atoms with Crippen molar-refractivity contribution < 1.29 is 31.0 Å². The predicted molar refractivity (Wildman–Crippen MR) is 155 cm³/mol. The quantitative estimate of drug-likeness (QED) is 0.270. The fourth-order valence-corrected chi connectivity index (χ4v) is 11.7. The van der Waals surface area contributed by atoms with Crippen molar-refractivity contribution in [1.82, 2.24) is 4.90 Å². The van der Waals surface area contributed by atoms with Crippen LogP contribution in [0.15, 0.2) is 12.7 Å². The molecule has 2 saturated heterocycles. The summed E-state index contributed by atoms with van der Waals surface area (Å²) in [6, 6.07) is 1.28. The second-order valence-corrected chi connectivity index (χ2v) is 15.4. The molecular formula is C34H57BrN2O2. The van der Waals surface area contributed by atoms with Gasteiger partial charge in [0.25, 0.3) is 0 Å². The van der Waals surface area contributed by atoms with Crippen molar-refractivity contribution in [3.63, 3.8) is 0 Å². The lowest BCUT2D eigenvalue weighted by Crippen LogP contribution is -3.00. The van der Waals surface area contributed by atoms with Crippen LogP contribution in [0.1, 0.15) is 111 Å². The average Bonchev–Trinajstić information content (AvgIpc) is 3.28. The maximum absolute atomic E-state index is 12.2. The number of hydrogen-bond donors (Lipinski definition) is 0. The van der Waals surface area contributed by atoms with Gasteiger partial charge in [0.2, 0.25) is 0 Å². The van der Waals surface area contributed by atoms with E-state index >= 15 is 0 Å². The Morgan fingerprint density at radius 1 is 0.974 bits per heavy atom. The minimum absolute atomic E-state index is 0. The lowest BCUT2D eigenvalue weighted by Gasteiger charge is -2.62. The summed E-state index contributed by atoms with van der Waals surface area (Å²) in [6.45, 7) is 17.6. The van der Waals surface area contributed by atoms with Crippen molar-refractivity contribution in [2.24, 2.45) is 34.5 Å². The summed E-state index contributed by atoms with van der Waals surface area (Å²) in [7, 11) is 0. The maximum Gasteiger partial charge on any atom is 0.302 e. The summed E-state index contributed by atoms with van der Waals surface area (Å²) < 4.78 is 7.45. The van der Waals surface area contributed by atoms with Gasteiger partial charge in [-0.3, -0.25) is 9.69 Å². The van der Waals surface area contributed by atoms with E-state index in [-0.39, 0.29) is 29.1 Å². The summed E-state index contributed by atoms with van der Waals surface area (Å²) in [5.41, 5.74) is 0.944. The Bertz CT molecular complexity index is 882. The maximum atomic E-state index is 12.2. The molecule has 0 aromatic rings. The second kappa shape index (κ2) is 11.7. The van der Waals surface area contributed by atoms with Crippen molar-refractivity contribution in [2.75, 3.05) is 32.7 Å². The van der Waals surface area contributed by atoms with E-state index in [0.717, 1.165) is 36.1 Å². The Labute approximate surface area is 250 Å². The van der Waals surface area contributed by atoms with Crippen LogP contribution in [0.25, 0.3) is 0 Å². The number of fused-ring (bicyclic) bond motifs is 5. The van der Waals surface area contributed by atoms with E-state index in [1.165, 1.54) is 121 Å². The molecular weight excluding hydrogens is 548 g/mol. The van der Waals surface area contributed by atoms with E-state index in [9.17, 15) is 4.79 Å². The molecule has 3 unspecified atom stereocenters. The Morgan fingerprint density at radius 2 is 1.69 bits per heavy atom. The second-order valence-electron chi connectivity index (χ2n) is 15.4. The first-order valence-corrected chi connectivity index (χ1v) is 16.7. The third kappa shape index (κ3) is 5.33. The minimum atomic E-state index is -0.0750. The van der Waals surface area contributed by atoms with Gasteiger partial charge in [-0.2, -0.15) is 0 Å². The van der Waals surface area contributed by atoms with Gasteiger partial charge < -0.3 is 26.2 Å². The Balaban J connectivity index is 0.00000308. The minimum Gasteiger partial charge on any atom is -1.00 e. The number of piperidine rings is 2. The number of esters is 1. The van der Waals surface area contributed by atoms with Gasteiger partial charge in [0.15, 0.2) is 0 Å². The number of carbonyl (C=O) groups excluding carboxylic acids is 1. The first-order chi connectivity index (χ1) is 18.3. The molecule has 2 aliphatic heterocycles. The van der Waals surface area contributed by atoms with E-state index < -0.39 is 0 Å². The third-order valence-electron chi connectivity index (χ3n) is 13.6. The molecule has 0 aromatic heterocycles. The Kier molecular flexibility index (Phi) is 9.03. The molecule has 5 heteroatoms. The SMILES string of the molecule is C=CC[N+]1([C@H]2CC3C4CC[C@H]5C[C@H](OC(C)=O)[C@@H](N6CCCCC6)C[C@]5(C)C4CC[C@]3(C)C2)CCCCC1.[Br-]. The zero-order chi connectivity index (χ0) is 26.5. The van der Waals surface area contributed by atoms with Crippen molar-refractivity contribution >= 4 is 5.97 Å². The van der Waals surface area contributed by atoms with Gasteiger partial charge in [0.1, 0.15) is 6.10 Å². The fraction of sp³-hybridized carbons (Fsp3) is 0.912. The molecule has 6 aliphatic rings. The number of quaternary nitrogens is 1. The molecule has 4 nitrogen and oxygen atoms in total. The smallest absolute Gasteiger partial charge is 0.302 e. The summed E-state index contributed by atoms with van der Waals surface area (Å²) in [5, 5.41) is 0. The molecule has 0 spiro atoms. The van der Waals surface area contributed by atoms with Crippen molar-refractivity contribution in [3.8, 4) is 0 Å². The predicted octanol–water partition coefficient (Wildman–Crippen LogP) is 3.98. The zero-order valence-electron chi connectivity index (χ0n) is 25.3. The van der Waals surface area contributed by atoms with Gasteiger partial charge in [-0.25, -0.2) is 0 Å². The highest BCUT2D eigenvalue weighted by Crippen LogP contribution is 2.67. The third-order valence-corrected chi connectivity index (χ3v) is 13.6. The summed E-state index contributed by atoms with van der Waals surface area (Å²) >= 11 is 0. The molecule has 0 N–H and O–H groups in total. The molecule has 9 atom stereocenters. The first kappa shape index (κ1) is 30.1. The molecule has 0 amide bonds. The van der Waals surface area contributed by atoms with Crippen molar-refractivity contribution in [1.29, 1.82) is 0 Å². The number of halogens is 1. The van der Waals surface area contributed by atoms with E-state index in [2.05, 4.69) is 31.4 Å². The highest BCUT2D eigenvalue weighted by atomic mass is 79.9. The van der Waals surface area contributed by atoms with Gasteiger partial charge >= 0.3 is 5.97 Å². The number of likely N-dealkylation sites (tertiary alicyclic amines) is 2. The van der Waals surface area contributed by atoms with E-state index in [1.807, 2.05) is 0 Å². The standard InChI is InChI=1S/C34H57N2O2.BrH/c1-5-18-36(19-10-7-11-20-36)27-22-30-28-13-12-26-21-32(38-25(2)37)31(35-16-8-6-9-17-35)24-34(26,4)29(28)14-15-33(30,3)23-27;/h5,26-32H,1,6-24H2,2-4H3;1H/q+1;/p-1/t26-,27-,28?,29?,30?,31-,32-,33+,34-;/m0./s1. The fourth-order valence-electron chi connectivity index (χ4n) is 11.7. The molecule has 0 bridgehead atoms. The molecule has 6 rings (SSSR count). The average molecular weight is 606 g/mol. The largest absolute Gasteiger partial charge is 1.00 e. The lowest BCUT2D eigenvalue weighted by molar-refractivity contribution is -0.950. The summed E-state index contributed by atoms with van der Waals surface area (Å²) in [4.78, 5) is 14.9. The molecule has 0 aromatic carbocycles. The van der Waals surface area contributed by atoms with E-state index in [1.54, 1.807) is 6.92 Å². The van der Waals surface area contributed by atoms with Crippen LogP contribution in [-0.2, 0) is 9.53 Å². The van der Waals surface area contributed by atoms with Gasteiger partial charge in [0.05, 0.1) is 25.7 Å². The monoisotopic (exact) mass is 604 g/mol. The van der Waals surface area contributed by atoms with Crippen LogP contribution in [-0.4, -0.2) is 66.3 Å². The van der Waals surface area contributed by atoms with Crippen LogP contribution in [0.2, 0.25) is 0 Å². The Morgan fingerprint density at radius 3 is 2.38 bits per heavy atom. The van der Waals surface area contributed by atoms with Gasteiger partial charge in [0, 0.05) is 25.8 Å². The summed E-state index contributed by atoms with van der Waals surface area (Å²) in [6.07, 6.45) is 21.5. The van der Waals surface area contributed by atoms with Crippen LogP contribution in [0.4, 0.5) is 0 Å². The number of carbonyl (C=O) groups is 1. The molecule has 39 heavy (non-hydrogen) atoms. The molecule has 2 heterocycles. The summed E-state index contributed by atoms with van der Waals surface area (Å²) in [5.74, 6) is 3.31. The lowest BCUT2D eigenvalue weighted by atomic mass is 9.44. The molecule has 4 aliphatic carbocycles. The van der Waals surface area contributed by atoms with Gasteiger partial charge in [-0.1, -0.05) is 26.8 Å². The number of nitrogens with zero attached hydrogens (tertiary/aromatic N) is 2. The molecule has 4 saturated carbocycles. The number of ether oxygens (including phenoxy) is 1. The van der Waals surface area contributed by atoms with E-state index in [4.69, 9.17) is 4.74 Å². The first-order valence-electron chi connectivity index (χ1n) is 16.7. The zero-order valence-corrected chi connectivity index (χ0v) is 26.9.